The van der Waals surface area contributed by atoms with E-state index in [0.717, 1.165) is 49.6 Å². The molecule has 5 heteroatoms. The van der Waals surface area contributed by atoms with Gasteiger partial charge in [-0.05, 0) is 17.7 Å². The fourth-order valence-corrected chi connectivity index (χ4v) is 2.43. The van der Waals surface area contributed by atoms with Crippen LogP contribution in [0.5, 0.6) is 0 Å². The first-order chi connectivity index (χ1) is 7.81. The zero-order chi connectivity index (χ0) is 11.4. The van der Waals surface area contributed by atoms with E-state index in [2.05, 4.69) is 4.90 Å². The molecule has 1 aliphatic rings. The summed E-state index contributed by atoms with van der Waals surface area (Å²) in [7, 11) is 0. The molecule has 4 nitrogen and oxygen atoms in total. The minimum atomic E-state index is -0.0236. The van der Waals surface area contributed by atoms with Crippen LogP contribution < -0.4 is 5.73 Å². The van der Waals surface area contributed by atoms with Crippen molar-refractivity contribution in [1.82, 2.24) is 4.90 Å². The standard InChI is InChI=1S/C11H16N2O2S/c12-10-3-1-9(2-4-10)11(16-14)13-5-7-15-8-6-13/h1-4,11,14H,5-8,12H2. The number of anilines is 1. The summed E-state index contributed by atoms with van der Waals surface area (Å²) in [5.74, 6) is 0. The second-order valence-electron chi connectivity index (χ2n) is 3.77. The van der Waals surface area contributed by atoms with Gasteiger partial charge in [0.15, 0.2) is 0 Å². The molecular formula is C11H16N2O2S. The Hall–Kier alpha value is -0.750. The van der Waals surface area contributed by atoms with Crippen LogP contribution in [0.3, 0.4) is 0 Å². The average molecular weight is 240 g/mol. The number of nitrogens with two attached hydrogens (primary N) is 1. The first-order valence-corrected chi connectivity index (χ1v) is 6.12. The van der Waals surface area contributed by atoms with Crippen LogP contribution in [0.2, 0.25) is 0 Å². The van der Waals surface area contributed by atoms with Crippen LogP contribution in [0.1, 0.15) is 10.9 Å². The van der Waals surface area contributed by atoms with E-state index in [1.165, 1.54) is 0 Å². The summed E-state index contributed by atoms with van der Waals surface area (Å²) in [6.07, 6.45) is 0. The molecule has 0 aliphatic carbocycles. The largest absolute Gasteiger partial charge is 0.399 e. The highest BCUT2D eigenvalue weighted by molar-refractivity contribution is 7.93. The molecule has 1 aromatic carbocycles. The van der Waals surface area contributed by atoms with Crippen molar-refractivity contribution in [2.45, 2.75) is 5.37 Å². The quantitative estimate of drug-likeness (QED) is 0.623. The fraction of sp³-hybridized carbons (Fsp3) is 0.455. The maximum Gasteiger partial charge on any atom is 0.108 e. The molecule has 0 spiro atoms. The maximum atomic E-state index is 9.40. The van der Waals surface area contributed by atoms with Gasteiger partial charge in [0.1, 0.15) is 5.37 Å². The van der Waals surface area contributed by atoms with E-state index in [-0.39, 0.29) is 5.37 Å². The molecule has 1 aromatic rings. The van der Waals surface area contributed by atoms with Gasteiger partial charge < -0.3 is 15.0 Å². The average Bonchev–Trinajstić information content (AvgIpc) is 2.34. The van der Waals surface area contributed by atoms with Crippen molar-refractivity contribution in [1.29, 1.82) is 0 Å². The minimum Gasteiger partial charge on any atom is -0.399 e. The van der Waals surface area contributed by atoms with E-state index < -0.39 is 0 Å². The van der Waals surface area contributed by atoms with E-state index in [0.29, 0.717) is 0 Å². The first-order valence-electron chi connectivity index (χ1n) is 5.28. The van der Waals surface area contributed by atoms with E-state index >= 15 is 0 Å². The summed E-state index contributed by atoms with van der Waals surface area (Å²) in [5.41, 5.74) is 7.46. The van der Waals surface area contributed by atoms with Crippen molar-refractivity contribution < 1.29 is 9.29 Å². The molecule has 0 bridgehead atoms. The smallest absolute Gasteiger partial charge is 0.108 e. The first kappa shape index (κ1) is 11.7. The van der Waals surface area contributed by atoms with Crippen LogP contribution in [-0.4, -0.2) is 35.8 Å². The third kappa shape index (κ3) is 2.68. The van der Waals surface area contributed by atoms with Crippen LogP contribution >= 0.6 is 12.0 Å². The number of rotatable bonds is 3. The Morgan fingerprint density at radius 3 is 2.44 bits per heavy atom. The topological polar surface area (TPSA) is 58.7 Å². The highest BCUT2D eigenvalue weighted by Crippen LogP contribution is 2.31. The molecule has 3 N–H and O–H groups in total. The van der Waals surface area contributed by atoms with Gasteiger partial charge >= 0.3 is 0 Å². The third-order valence-corrected chi connectivity index (χ3v) is 3.47. The molecule has 0 saturated carbocycles. The van der Waals surface area contributed by atoms with Gasteiger partial charge in [0.2, 0.25) is 0 Å². The van der Waals surface area contributed by atoms with Crippen LogP contribution in [0.15, 0.2) is 24.3 Å². The monoisotopic (exact) mass is 240 g/mol. The van der Waals surface area contributed by atoms with Gasteiger partial charge in [-0.3, -0.25) is 4.90 Å². The number of hydrogen-bond donors (Lipinski definition) is 2. The van der Waals surface area contributed by atoms with Gasteiger partial charge in [-0.15, -0.1) is 0 Å². The van der Waals surface area contributed by atoms with Gasteiger partial charge in [-0.1, -0.05) is 12.1 Å². The Kier molecular flexibility index (Phi) is 4.06. The molecule has 1 unspecified atom stereocenters. The Balaban J connectivity index is 2.11. The van der Waals surface area contributed by atoms with E-state index in [1.807, 2.05) is 24.3 Å². The minimum absolute atomic E-state index is 0.0236. The predicted molar refractivity (Wildman–Crippen MR) is 66.2 cm³/mol. The van der Waals surface area contributed by atoms with Crippen molar-refractivity contribution >= 4 is 17.7 Å². The molecule has 1 saturated heterocycles. The Morgan fingerprint density at radius 2 is 1.88 bits per heavy atom. The van der Waals surface area contributed by atoms with Gasteiger partial charge in [0.25, 0.3) is 0 Å². The lowest BCUT2D eigenvalue weighted by molar-refractivity contribution is 0.0317. The summed E-state index contributed by atoms with van der Waals surface area (Å²) < 4.78 is 14.7. The van der Waals surface area contributed by atoms with E-state index in [4.69, 9.17) is 10.5 Å². The van der Waals surface area contributed by atoms with Crippen LogP contribution in [-0.2, 0) is 4.74 Å². The molecule has 0 amide bonds. The summed E-state index contributed by atoms with van der Waals surface area (Å²) in [6.45, 7) is 3.16. The highest BCUT2D eigenvalue weighted by atomic mass is 32.2. The van der Waals surface area contributed by atoms with Gasteiger partial charge in [0, 0.05) is 30.8 Å². The Morgan fingerprint density at radius 1 is 1.25 bits per heavy atom. The molecule has 16 heavy (non-hydrogen) atoms. The number of nitrogens with zero attached hydrogens (tertiary/aromatic N) is 1. The van der Waals surface area contributed by atoms with Crippen molar-refractivity contribution in [2.24, 2.45) is 0 Å². The fourth-order valence-electron chi connectivity index (χ4n) is 1.81. The second kappa shape index (κ2) is 5.54. The molecular weight excluding hydrogens is 224 g/mol. The molecule has 88 valence electrons. The van der Waals surface area contributed by atoms with Gasteiger partial charge in [0.05, 0.1) is 13.2 Å². The van der Waals surface area contributed by atoms with Crippen LogP contribution in [0, 0.1) is 0 Å². The van der Waals surface area contributed by atoms with Crippen molar-refractivity contribution in [3.63, 3.8) is 0 Å². The molecule has 0 aromatic heterocycles. The van der Waals surface area contributed by atoms with Gasteiger partial charge in [-0.25, -0.2) is 0 Å². The lowest BCUT2D eigenvalue weighted by atomic mass is 10.2. The van der Waals surface area contributed by atoms with E-state index in [1.54, 1.807) is 0 Å². The molecule has 1 fully saturated rings. The van der Waals surface area contributed by atoms with Crippen molar-refractivity contribution in [2.75, 3.05) is 32.0 Å². The van der Waals surface area contributed by atoms with Crippen molar-refractivity contribution in [3.05, 3.63) is 29.8 Å². The number of ether oxygens (including phenoxy) is 1. The maximum absolute atomic E-state index is 9.40. The van der Waals surface area contributed by atoms with Crippen molar-refractivity contribution in [3.8, 4) is 0 Å². The summed E-state index contributed by atoms with van der Waals surface area (Å²) in [6, 6.07) is 7.63. The number of nitrogen functional groups attached to an aromatic ring is 1. The van der Waals surface area contributed by atoms with Crippen LogP contribution in [0.25, 0.3) is 0 Å². The van der Waals surface area contributed by atoms with E-state index in [9.17, 15) is 4.55 Å². The summed E-state index contributed by atoms with van der Waals surface area (Å²) in [4.78, 5) is 2.21. The Bertz CT molecular complexity index is 325. The zero-order valence-electron chi connectivity index (χ0n) is 9.00. The zero-order valence-corrected chi connectivity index (χ0v) is 9.82. The summed E-state index contributed by atoms with van der Waals surface area (Å²) >= 11 is 0.865. The number of morpholine rings is 1. The second-order valence-corrected chi connectivity index (χ2v) is 4.43. The Labute approximate surface area is 99.6 Å². The van der Waals surface area contributed by atoms with Crippen LogP contribution in [0.4, 0.5) is 5.69 Å². The lowest BCUT2D eigenvalue weighted by Crippen LogP contribution is -2.37. The predicted octanol–water partition coefficient (Wildman–Crippen LogP) is 1.81. The molecule has 1 aliphatic heterocycles. The third-order valence-electron chi connectivity index (χ3n) is 2.70. The highest BCUT2D eigenvalue weighted by Gasteiger charge is 2.22. The SMILES string of the molecule is Nc1ccc(C(SO)N2CCOCC2)cc1. The molecule has 1 atom stereocenters. The molecule has 0 radical (unpaired) electrons. The lowest BCUT2D eigenvalue weighted by Gasteiger charge is -2.32. The number of benzene rings is 1. The van der Waals surface area contributed by atoms with Gasteiger partial charge in [-0.2, -0.15) is 0 Å². The molecule has 1 heterocycles. The number of hydrogen-bond acceptors (Lipinski definition) is 5. The molecule has 2 rings (SSSR count). The summed E-state index contributed by atoms with van der Waals surface area (Å²) in [5, 5.41) is -0.0236. The normalized spacial score (nSPS) is 19.6.